The molecular weight excluding hydrogens is 456 g/mol. The molecule has 3 rings (SSSR count). The summed E-state index contributed by atoms with van der Waals surface area (Å²) in [7, 11) is 1.51. The van der Waals surface area contributed by atoms with Crippen LogP contribution in [0, 0.1) is 0 Å². The zero-order valence-electron chi connectivity index (χ0n) is 15.8. The minimum Gasteiger partial charge on any atom is -0.494 e. The third-order valence-electron chi connectivity index (χ3n) is 3.95. The van der Waals surface area contributed by atoms with Crippen LogP contribution in [0.1, 0.15) is 27.0 Å². The average Bonchev–Trinajstić information content (AvgIpc) is 3.25. The van der Waals surface area contributed by atoms with Crippen LogP contribution in [0.5, 0.6) is 11.5 Å². The van der Waals surface area contributed by atoms with Crippen LogP contribution in [0.2, 0.25) is 0 Å². The first-order valence-electron chi connectivity index (χ1n) is 8.78. The number of anilines is 2. The van der Waals surface area contributed by atoms with Gasteiger partial charge in [-0.1, -0.05) is 6.07 Å². The Bertz CT molecular complexity index is 1020. The van der Waals surface area contributed by atoms with Crippen molar-refractivity contribution in [2.75, 3.05) is 24.4 Å². The van der Waals surface area contributed by atoms with Gasteiger partial charge in [0, 0.05) is 17.3 Å². The van der Waals surface area contributed by atoms with Gasteiger partial charge in [0.1, 0.15) is 11.5 Å². The number of benzene rings is 2. The van der Waals surface area contributed by atoms with Crippen molar-refractivity contribution in [1.82, 2.24) is 0 Å². The minimum absolute atomic E-state index is 0.214. The second kappa shape index (κ2) is 9.58. The van der Waals surface area contributed by atoms with E-state index < -0.39 is 0 Å². The molecule has 2 amide bonds. The summed E-state index contributed by atoms with van der Waals surface area (Å²) >= 11 is 4.76. The molecule has 0 saturated heterocycles. The van der Waals surface area contributed by atoms with E-state index in [1.807, 2.05) is 18.4 Å². The third kappa shape index (κ3) is 5.16. The Balaban J connectivity index is 1.73. The summed E-state index contributed by atoms with van der Waals surface area (Å²) in [6.45, 7) is 2.44. The van der Waals surface area contributed by atoms with Crippen molar-refractivity contribution in [3.05, 3.63) is 68.8 Å². The summed E-state index contributed by atoms with van der Waals surface area (Å²) < 4.78 is 11.5. The van der Waals surface area contributed by atoms with Crippen LogP contribution < -0.4 is 20.1 Å². The van der Waals surface area contributed by atoms with E-state index in [0.29, 0.717) is 44.4 Å². The third-order valence-corrected chi connectivity index (χ3v) is 5.43. The van der Waals surface area contributed by atoms with Crippen LogP contribution in [0.4, 0.5) is 11.4 Å². The Morgan fingerprint density at radius 3 is 2.52 bits per heavy atom. The van der Waals surface area contributed by atoms with Crippen LogP contribution in [0.15, 0.2) is 58.4 Å². The molecule has 3 aromatic rings. The maximum atomic E-state index is 12.6. The number of methoxy groups -OCH3 is 1. The molecule has 0 radical (unpaired) electrons. The number of ether oxygens (including phenoxy) is 2. The zero-order chi connectivity index (χ0) is 20.8. The van der Waals surface area contributed by atoms with E-state index in [1.165, 1.54) is 18.4 Å². The molecule has 0 aliphatic rings. The van der Waals surface area contributed by atoms with Crippen molar-refractivity contribution in [1.29, 1.82) is 0 Å². The number of rotatable bonds is 7. The van der Waals surface area contributed by atoms with Crippen molar-refractivity contribution in [2.45, 2.75) is 6.92 Å². The van der Waals surface area contributed by atoms with Gasteiger partial charge in [0.2, 0.25) is 0 Å². The van der Waals surface area contributed by atoms with Gasteiger partial charge >= 0.3 is 0 Å². The summed E-state index contributed by atoms with van der Waals surface area (Å²) in [6, 6.07) is 13.7. The van der Waals surface area contributed by atoms with E-state index in [0.717, 1.165) is 0 Å². The SMILES string of the molecule is CCOc1ccc(C(=O)Nc2ccc(NC(=O)c3cccs3)c(OC)c2)cc1Br. The van der Waals surface area contributed by atoms with Crippen LogP contribution in [0.3, 0.4) is 0 Å². The Hall–Kier alpha value is -2.84. The molecule has 6 nitrogen and oxygen atoms in total. The van der Waals surface area contributed by atoms with E-state index in [4.69, 9.17) is 9.47 Å². The lowest BCUT2D eigenvalue weighted by molar-refractivity contribution is 0.101. The smallest absolute Gasteiger partial charge is 0.265 e. The van der Waals surface area contributed by atoms with Crippen molar-refractivity contribution in [3.8, 4) is 11.5 Å². The molecule has 2 N–H and O–H groups in total. The minimum atomic E-state index is -0.272. The molecule has 1 aromatic heterocycles. The Morgan fingerprint density at radius 1 is 1.03 bits per heavy atom. The second-order valence-corrected chi connectivity index (χ2v) is 7.68. The molecule has 1 heterocycles. The molecule has 0 aliphatic heterocycles. The van der Waals surface area contributed by atoms with Gasteiger partial charge in [-0.05, 0) is 64.6 Å². The van der Waals surface area contributed by atoms with Crippen LogP contribution in [-0.2, 0) is 0 Å². The maximum absolute atomic E-state index is 12.6. The molecule has 0 unspecified atom stereocenters. The molecule has 0 spiro atoms. The number of thiophene rings is 1. The molecular formula is C21H19BrN2O4S. The lowest BCUT2D eigenvalue weighted by Crippen LogP contribution is -2.13. The number of hydrogen-bond acceptors (Lipinski definition) is 5. The summed E-state index contributed by atoms with van der Waals surface area (Å²) in [4.78, 5) is 25.4. The van der Waals surface area contributed by atoms with E-state index in [1.54, 1.807) is 42.5 Å². The van der Waals surface area contributed by atoms with Gasteiger partial charge in [-0.15, -0.1) is 11.3 Å². The highest BCUT2D eigenvalue weighted by atomic mass is 79.9. The Labute approximate surface area is 181 Å². The topological polar surface area (TPSA) is 76.7 Å². The molecule has 150 valence electrons. The highest BCUT2D eigenvalue weighted by molar-refractivity contribution is 9.10. The Morgan fingerprint density at radius 2 is 1.86 bits per heavy atom. The molecule has 8 heteroatoms. The number of carbonyl (C=O) groups is 2. The van der Waals surface area contributed by atoms with Crippen molar-refractivity contribution < 1.29 is 19.1 Å². The van der Waals surface area contributed by atoms with Crippen molar-refractivity contribution in [2.24, 2.45) is 0 Å². The average molecular weight is 475 g/mol. The summed E-state index contributed by atoms with van der Waals surface area (Å²) in [5.74, 6) is 0.637. The molecule has 2 aromatic carbocycles. The molecule has 0 aliphatic carbocycles. The summed E-state index contributed by atoms with van der Waals surface area (Å²) in [5.41, 5.74) is 1.55. The number of halogens is 1. The van der Waals surface area contributed by atoms with Gasteiger partial charge in [0.25, 0.3) is 11.8 Å². The molecule has 0 atom stereocenters. The summed E-state index contributed by atoms with van der Waals surface area (Å²) in [6.07, 6.45) is 0. The lowest BCUT2D eigenvalue weighted by Gasteiger charge is -2.13. The van der Waals surface area contributed by atoms with Gasteiger partial charge in [-0.3, -0.25) is 9.59 Å². The van der Waals surface area contributed by atoms with E-state index >= 15 is 0 Å². The zero-order valence-corrected chi connectivity index (χ0v) is 18.2. The first-order chi connectivity index (χ1) is 14.0. The molecule has 0 bridgehead atoms. The van der Waals surface area contributed by atoms with Crippen LogP contribution in [-0.4, -0.2) is 25.5 Å². The largest absolute Gasteiger partial charge is 0.494 e. The lowest BCUT2D eigenvalue weighted by atomic mass is 10.2. The standard InChI is InChI=1S/C21H19BrN2O4S/c1-3-28-17-9-6-13(11-15(17)22)20(25)23-14-7-8-16(18(12-14)27-2)24-21(26)19-5-4-10-29-19/h4-12H,3H2,1-2H3,(H,23,25)(H,24,26). The van der Waals surface area contributed by atoms with Gasteiger partial charge in [-0.25, -0.2) is 0 Å². The van der Waals surface area contributed by atoms with Gasteiger partial charge in [0.15, 0.2) is 0 Å². The quantitative estimate of drug-likeness (QED) is 0.478. The maximum Gasteiger partial charge on any atom is 0.265 e. The van der Waals surface area contributed by atoms with Gasteiger partial charge in [0.05, 0.1) is 28.8 Å². The first-order valence-corrected chi connectivity index (χ1v) is 10.5. The van der Waals surface area contributed by atoms with E-state index in [2.05, 4.69) is 26.6 Å². The fourth-order valence-corrected chi connectivity index (χ4v) is 3.69. The Kier molecular flexibility index (Phi) is 6.90. The van der Waals surface area contributed by atoms with Gasteiger partial charge in [-0.2, -0.15) is 0 Å². The summed E-state index contributed by atoms with van der Waals surface area (Å²) in [5, 5.41) is 7.48. The number of nitrogens with one attached hydrogen (secondary N) is 2. The van der Waals surface area contributed by atoms with Crippen molar-refractivity contribution in [3.63, 3.8) is 0 Å². The molecule has 0 saturated carbocycles. The first kappa shape index (κ1) is 20.9. The van der Waals surface area contributed by atoms with Crippen LogP contribution >= 0.6 is 27.3 Å². The fraction of sp³-hybridized carbons (Fsp3) is 0.143. The highest BCUT2D eigenvalue weighted by Gasteiger charge is 2.13. The number of hydrogen-bond donors (Lipinski definition) is 2. The monoisotopic (exact) mass is 474 g/mol. The van der Waals surface area contributed by atoms with Crippen molar-refractivity contribution >= 4 is 50.5 Å². The molecule has 29 heavy (non-hydrogen) atoms. The van der Waals surface area contributed by atoms with Gasteiger partial charge < -0.3 is 20.1 Å². The highest BCUT2D eigenvalue weighted by Crippen LogP contribution is 2.30. The van der Waals surface area contributed by atoms with E-state index in [-0.39, 0.29) is 11.8 Å². The molecule has 0 fully saturated rings. The normalized spacial score (nSPS) is 10.3. The van der Waals surface area contributed by atoms with Crippen LogP contribution in [0.25, 0.3) is 0 Å². The van der Waals surface area contributed by atoms with E-state index in [9.17, 15) is 9.59 Å². The fourth-order valence-electron chi connectivity index (χ4n) is 2.58. The second-order valence-electron chi connectivity index (χ2n) is 5.88. The number of carbonyl (C=O) groups excluding carboxylic acids is 2. The number of amides is 2. The predicted molar refractivity (Wildman–Crippen MR) is 119 cm³/mol. The predicted octanol–water partition coefficient (Wildman–Crippen LogP) is 5.42.